The van der Waals surface area contributed by atoms with Crippen molar-refractivity contribution in [3.8, 4) is 12.1 Å². The van der Waals surface area contributed by atoms with E-state index >= 15 is 0 Å². The standard InChI is InChI=1S/C20H15N5/c1-12-3-6-14(7-4-12)25-18-9-13(2)5-8-15(18)24-19-16(10-21)23-17(11-22)20(19)25/h3-9,23-24H,1-2H3. The molecule has 2 heterocycles. The van der Waals surface area contributed by atoms with Crippen molar-refractivity contribution in [1.82, 2.24) is 4.98 Å². The van der Waals surface area contributed by atoms with Crippen LogP contribution in [0.15, 0.2) is 42.5 Å². The van der Waals surface area contributed by atoms with Gasteiger partial charge in [0.05, 0.1) is 11.4 Å². The Morgan fingerprint density at radius 1 is 0.880 bits per heavy atom. The Morgan fingerprint density at radius 2 is 1.56 bits per heavy atom. The van der Waals surface area contributed by atoms with Crippen LogP contribution in [0.4, 0.5) is 28.4 Å². The minimum atomic E-state index is 0.356. The van der Waals surface area contributed by atoms with Crippen LogP contribution >= 0.6 is 0 Å². The molecular formula is C20H15N5. The van der Waals surface area contributed by atoms with E-state index in [2.05, 4.69) is 28.5 Å². The predicted octanol–water partition coefficient (Wildman–Crippen LogP) is 4.90. The van der Waals surface area contributed by atoms with E-state index in [1.54, 1.807) is 0 Å². The molecule has 0 aliphatic carbocycles. The molecular weight excluding hydrogens is 310 g/mol. The summed E-state index contributed by atoms with van der Waals surface area (Å²) in [6.45, 7) is 4.07. The van der Waals surface area contributed by atoms with Gasteiger partial charge in [0.15, 0.2) is 0 Å². The molecule has 0 spiro atoms. The van der Waals surface area contributed by atoms with Gasteiger partial charge in [-0.2, -0.15) is 10.5 Å². The van der Waals surface area contributed by atoms with E-state index in [0.717, 1.165) is 28.2 Å². The molecule has 120 valence electrons. The molecule has 1 aliphatic rings. The predicted molar refractivity (Wildman–Crippen MR) is 97.7 cm³/mol. The number of nitrogens with zero attached hydrogens (tertiary/aromatic N) is 3. The van der Waals surface area contributed by atoms with Crippen LogP contribution in [0.1, 0.15) is 22.5 Å². The number of hydrogen-bond donors (Lipinski definition) is 2. The molecule has 5 nitrogen and oxygen atoms in total. The van der Waals surface area contributed by atoms with Gasteiger partial charge in [-0.25, -0.2) is 0 Å². The number of aromatic nitrogens is 1. The molecule has 2 N–H and O–H groups in total. The Balaban J connectivity index is 2.04. The van der Waals surface area contributed by atoms with Crippen molar-refractivity contribution in [3.63, 3.8) is 0 Å². The first-order valence-corrected chi connectivity index (χ1v) is 7.93. The highest BCUT2D eigenvalue weighted by Crippen LogP contribution is 2.50. The van der Waals surface area contributed by atoms with Crippen LogP contribution < -0.4 is 10.2 Å². The molecule has 0 saturated heterocycles. The van der Waals surface area contributed by atoms with Gasteiger partial charge < -0.3 is 15.2 Å². The van der Waals surface area contributed by atoms with Crippen molar-refractivity contribution in [2.75, 3.05) is 10.2 Å². The highest BCUT2D eigenvalue weighted by molar-refractivity contribution is 6.00. The summed E-state index contributed by atoms with van der Waals surface area (Å²) in [7, 11) is 0. The number of aromatic amines is 1. The number of anilines is 5. The third-order valence-corrected chi connectivity index (χ3v) is 4.37. The summed E-state index contributed by atoms with van der Waals surface area (Å²) >= 11 is 0. The fraction of sp³-hybridized carbons (Fsp3) is 0.100. The zero-order chi connectivity index (χ0) is 17.6. The number of nitriles is 2. The molecule has 0 fully saturated rings. The third-order valence-electron chi connectivity index (χ3n) is 4.37. The number of nitrogens with one attached hydrogen (secondary N) is 2. The SMILES string of the molecule is Cc1ccc(N2c3cc(C)ccc3Nc3c(C#N)[nH]c(C#N)c32)cc1. The van der Waals surface area contributed by atoms with Gasteiger partial charge in [0, 0.05) is 5.69 Å². The Morgan fingerprint density at radius 3 is 2.24 bits per heavy atom. The molecule has 0 amide bonds. The third kappa shape index (κ3) is 2.22. The molecule has 0 radical (unpaired) electrons. The van der Waals surface area contributed by atoms with E-state index in [9.17, 15) is 10.5 Å². The van der Waals surface area contributed by atoms with E-state index in [0.29, 0.717) is 22.8 Å². The molecule has 2 aromatic carbocycles. The second-order valence-electron chi connectivity index (χ2n) is 6.14. The maximum atomic E-state index is 9.57. The average molecular weight is 325 g/mol. The molecule has 3 aromatic rings. The maximum Gasteiger partial charge on any atom is 0.145 e. The summed E-state index contributed by atoms with van der Waals surface area (Å²) in [6, 6.07) is 18.5. The number of aryl methyl sites for hydroxylation is 2. The van der Waals surface area contributed by atoms with E-state index < -0.39 is 0 Å². The molecule has 1 aliphatic heterocycles. The molecule has 0 saturated carbocycles. The Hall–Kier alpha value is -3.70. The maximum absolute atomic E-state index is 9.57. The molecule has 4 rings (SSSR count). The molecule has 1 aromatic heterocycles. The molecule has 0 bridgehead atoms. The van der Waals surface area contributed by atoms with Crippen molar-refractivity contribution in [3.05, 3.63) is 65.0 Å². The van der Waals surface area contributed by atoms with Gasteiger partial charge >= 0.3 is 0 Å². The van der Waals surface area contributed by atoms with Crippen molar-refractivity contribution in [2.45, 2.75) is 13.8 Å². The number of fused-ring (bicyclic) bond motifs is 2. The number of hydrogen-bond acceptors (Lipinski definition) is 4. The van der Waals surface area contributed by atoms with Crippen LogP contribution in [0.25, 0.3) is 0 Å². The summed E-state index contributed by atoms with van der Waals surface area (Å²) in [5.41, 5.74) is 7.13. The minimum Gasteiger partial charge on any atom is -0.350 e. The van der Waals surface area contributed by atoms with Gasteiger partial charge in [0.2, 0.25) is 0 Å². The summed E-state index contributed by atoms with van der Waals surface area (Å²) in [5.74, 6) is 0. The first-order valence-electron chi connectivity index (χ1n) is 7.93. The van der Waals surface area contributed by atoms with Gasteiger partial charge in [-0.1, -0.05) is 23.8 Å². The minimum absolute atomic E-state index is 0.356. The summed E-state index contributed by atoms with van der Waals surface area (Å²) in [6.07, 6.45) is 0. The average Bonchev–Trinajstić information content (AvgIpc) is 2.98. The smallest absolute Gasteiger partial charge is 0.145 e. The molecule has 0 unspecified atom stereocenters. The van der Waals surface area contributed by atoms with Crippen molar-refractivity contribution in [1.29, 1.82) is 10.5 Å². The van der Waals surface area contributed by atoms with E-state index in [4.69, 9.17) is 0 Å². The van der Waals surface area contributed by atoms with Gasteiger partial charge in [-0.15, -0.1) is 0 Å². The van der Waals surface area contributed by atoms with Crippen molar-refractivity contribution in [2.24, 2.45) is 0 Å². The zero-order valence-corrected chi connectivity index (χ0v) is 13.9. The number of H-pyrrole nitrogens is 1. The highest BCUT2D eigenvalue weighted by Gasteiger charge is 2.31. The topological polar surface area (TPSA) is 78.6 Å². The summed E-state index contributed by atoms with van der Waals surface area (Å²) in [4.78, 5) is 4.96. The van der Waals surface area contributed by atoms with Crippen LogP contribution in [-0.4, -0.2) is 4.98 Å². The zero-order valence-electron chi connectivity index (χ0n) is 13.9. The Bertz CT molecular complexity index is 1060. The Labute approximate surface area is 145 Å². The lowest BCUT2D eigenvalue weighted by Gasteiger charge is -2.32. The number of rotatable bonds is 1. The van der Waals surface area contributed by atoms with Crippen LogP contribution in [0.5, 0.6) is 0 Å². The van der Waals surface area contributed by atoms with Crippen LogP contribution in [0.2, 0.25) is 0 Å². The van der Waals surface area contributed by atoms with Crippen LogP contribution in [0, 0.1) is 36.5 Å². The van der Waals surface area contributed by atoms with E-state index in [1.165, 1.54) is 0 Å². The van der Waals surface area contributed by atoms with Crippen molar-refractivity contribution < 1.29 is 0 Å². The summed E-state index contributed by atoms with van der Waals surface area (Å²) in [5, 5.41) is 22.3. The highest BCUT2D eigenvalue weighted by atomic mass is 15.2. The van der Waals surface area contributed by atoms with Gasteiger partial charge in [0.1, 0.15) is 34.9 Å². The normalized spacial score (nSPS) is 11.8. The monoisotopic (exact) mass is 325 g/mol. The first kappa shape index (κ1) is 14.9. The van der Waals surface area contributed by atoms with E-state index in [-0.39, 0.29) is 0 Å². The van der Waals surface area contributed by atoms with Gasteiger partial charge in [0.25, 0.3) is 0 Å². The number of benzene rings is 2. The van der Waals surface area contributed by atoms with E-state index in [1.807, 2.05) is 55.1 Å². The lowest BCUT2D eigenvalue weighted by Crippen LogP contribution is -2.18. The van der Waals surface area contributed by atoms with Crippen LogP contribution in [0.3, 0.4) is 0 Å². The molecule has 25 heavy (non-hydrogen) atoms. The Kier molecular flexibility index (Phi) is 3.23. The largest absolute Gasteiger partial charge is 0.350 e. The van der Waals surface area contributed by atoms with Crippen molar-refractivity contribution >= 4 is 28.4 Å². The van der Waals surface area contributed by atoms with Gasteiger partial charge in [-0.3, -0.25) is 0 Å². The lowest BCUT2D eigenvalue weighted by molar-refractivity contribution is 1.23. The summed E-state index contributed by atoms with van der Waals surface area (Å²) < 4.78 is 0. The molecule has 0 atom stereocenters. The quantitative estimate of drug-likeness (QED) is 0.521. The fourth-order valence-corrected chi connectivity index (χ4v) is 3.15. The van der Waals surface area contributed by atoms with Crippen LogP contribution in [-0.2, 0) is 0 Å². The molecule has 5 heteroatoms. The second-order valence-corrected chi connectivity index (χ2v) is 6.14. The lowest BCUT2D eigenvalue weighted by atomic mass is 10.1. The second kappa shape index (κ2) is 5.43. The van der Waals surface area contributed by atoms with Gasteiger partial charge in [-0.05, 0) is 43.7 Å². The first-order chi connectivity index (χ1) is 12.1. The fourth-order valence-electron chi connectivity index (χ4n) is 3.15.